The first kappa shape index (κ1) is 14.9. The van der Waals surface area contributed by atoms with Crippen molar-refractivity contribution in [3.8, 4) is 0 Å². The van der Waals surface area contributed by atoms with Crippen LogP contribution in [-0.2, 0) is 0 Å². The summed E-state index contributed by atoms with van der Waals surface area (Å²) in [4.78, 5) is 0. The van der Waals surface area contributed by atoms with Gasteiger partial charge in [-0.1, -0.05) is 109 Å². The minimum Gasteiger partial charge on any atom is -0.0622 e. The highest BCUT2D eigenvalue weighted by atomic mass is 14.1. The predicted octanol–water partition coefficient (Wildman–Crippen LogP) is 7.32. The molecule has 0 fully saturated rings. The van der Waals surface area contributed by atoms with E-state index in [1.165, 1.54) is 43.4 Å². The molecule has 122 valence electrons. The average Bonchev–Trinajstić information content (AvgIpc) is 2.72. The van der Waals surface area contributed by atoms with Gasteiger partial charge in [-0.3, -0.25) is 0 Å². The fourth-order valence-electron chi connectivity index (χ4n) is 3.79. The Labute approximate surface area is 153 Å². The molecule has 5 aromatic carbocycles. The van der Waals surface area contributed by atoms with E-state index >= 15 is 0 Å². The van der Waals surface area contributed by atoms with E-state index in [1.807, 2.05) is 0 Å². The molecule has 0 aliphatic carbocycles. The summed E-state index contributed by atoms with van der Waals surface area (Å²) in [5.41, 5.74) is 2.47. The Morgan fingerprint density at radius 1 is 0.423 bits per heavy atom. The van der Waals surface area contributed by atoms with Crippen molar-refractivity contribution in [1.82, 2.24) is 0 Å². The molecule has 0 aromatic heterocycles. The summed E-state index contributed by atoms with van der Waals surface area (Å²) in [5.74, 6) is 0. The van der Waals surface area contributed by atoms with Gasteiger partial charge in [-0.05, 0) is 43.4 Å². The van der Waals surface area contributed by atoms with Crippen molar-refractivity contribution in [3.63, 3.8) is 0 Å². The Morgan fingerprint density at radius 3 is 1.92 bits per heavy atom. The number of fused-ring (bicyclic) bond motifs is 5. The van der Waals surface area contributed by atoms with Gasteiger partial charge in [-0.25, -0.2) is 0 Å². The zero-order valence-electron chi connectivity index (χ0n) is 14.4. The lowest BCUT2D eigenvalue weighted by Crippen LogP contribution is -1.84. The molecule has 0 aliphatic heterocycles. The van der Waals surface area contributed by atoms with Crippen LogP contribution in [0.3, 0.4) is 0 Å². The van der Waals surface area contributed by atoms with Crippen molar-refractivity contribution in [3.05, 3.63) is 108 Å². The van der Waals surface area contributed by atoms with Crippen LogP contribution in [0.25, 0.3) is 44.5 Å². The molecule has 5 aromatic rings. The summed E-state index contributed by atoms with van der Waals surface area (Å²) in [6, 6.07) is 34.6. The van der Waals surface area contributed by atoms with Crippen molar-refractivity contribution >= 4 is 44.5 Å². The van der Waals surface area contributed by atoms with E-state index in [0.29, 0.717) is 0 Å². The second-order valence-corrected chi connectivity index (χ2v) is 6.64. The second-order valence-electron chi connectivity index (χ2n) is 6.64. The van der Waals surface area contributed by atoms with Crippen molar-refractivity contribution in [1.29, 1.82) is 0 Å². The number of benzene rings is 5. The van der Waals surface area contributed by atoms with Crippen LogP contribution < -0.4 is 0 Å². The minimum atomic E-state index is 1.22. The van der Waals surface area contributed by atoms with Crippen LogP contribution in [-0.4, -0.2) is 0 Å². The molecule has 26 heavy (non-hydrogen) atoms. The Kier molecular flexibility index (Phi) is 3.54. The molecule has 0 saturated carbocycles. The molecule has 0 atom stereocenters. The highest BCUT2D eigenvalue weighted by Crippen LogP contribution is 2.34. The van der Waals surface area contributed by atoms with Crippen LogP contribution >= 0.6 is 0 Å². The van der Waals surface area contributed by atoms with Gasteiger partial charge in [0.2, 0.25) is 0 Å². The van der Waals surface area contributed by atoms with E-state index in [9.17, 15) is 0 Å². The van der Waals surface area contributed by atoms with Gasteiger partial charge in [-0.15, -0.1) is 0 Å². The van der Waals surface area contributed by atoms with Gasteiger partial charge in [-0.2, -0.15) is 0 Å². The van der Waals surface area contributed by atoms with E-state index in [4.69, 9.17) is 0 Å². The van der Waals surface area contributed by atoms with Crippen molar-refractivity contribution in [2.75, 3.05) is 0 Å². The Hall–Kier alpha value is -3.38. The first-order valence-corrected chi connectivity index (χ1v) is 8.96. The molecule has 0 radical (unpaired) electrons. The zero-order chi connectivity index (χ0) is 17.3. The Morgan fingerprint density at radius 2 is 1.08 bits per heavy atom. The maximum Gasteiger partial charge on any atom is -0.00208 e. The van der Waals surface area contributed by atoms with Crippen LogP contribution in [0.1, 0.15) is 11.1 Å². The molecule has 0 nitrogen and oxygen atoms in total. The predicted molar refractivity (Wildman–Crippen MR) is 114 cm³/mol. The van der Waals surface area contributed by atoms with Crippen LogP contribution in [0.15, 0.2) is 97.1 Å². The maximum absolute atomic E-state index is 2.24. The molecular formula is C26H18. The summed E-state index contributed by atoms with van der Waals surface area (Å²) in [7, 11) is 0. The second kappa shape index (κ2) is 6.16. The van der Waals surface area contributed by atoms with Crippen LogP contribution in [0.2, 0.25) is 0 Å². The largest absolute Gasteiger partial charge is 0.0622 e. The fraction of sp³-hybridized carbons (Fsp3) is 0. The van der Waals surface area contributed by atoms with Gasteiger partial charge < -0.3 is 0 Å². The highest BCUT2D eigenvalue weighted by molar-refractivity contribution is 6.22. The molecular weight excluding hydrogens is 312 g/mol. The van der Waals surface area contributed by atoms with Gasteiger partial charge in [0.25, 0.3) is 0 Å². The summed E-state index contributed by atoms with van der Waals surface area (Å²) in [6.45, 7) is 0. The summed E-state index contributed by atoms with van der Waals surface area (Å²) >= 11 is 0. The van der Waals surface area contributed by atoms with Gasteiger partial charge >= 0.3 is 0 Å². The van der Waals surface area contributed by atoms with Gasteiger partial charge in [0, 0.05) is 0 Å². The van der Waals surface area contributed by atoms with E-state index in [1.54, 1.807) is 0 Å². The van der Waals surface area contributed by atoms with E-state index in [2.05, 4.69) is 109 Å². The maximum atomic E-state index is 2.24. The molecule has 5 rings (SSSR count). The quantitative estimate of drug-likeness (QED) is 0.235. The standard InChI is InChI=1S/C26H18/c1-2-7-19(8-3-1)13-14-21-10-6-11-22-17-18-23-16-15-20-9-4-5-12-24(20)26(23)25(21)22/h1-18H/b14-13+. The first-order chi connectivity index (χ1) is 12.9. The van der Waals surface area contributed by atoms with Gasteiger partial charge in [0.1, 0.15) is 0 Å². The fourth-order valence-corrected chi connectivity index (χ4v) is 3.79. The first-order valence-electron chi connectivity index (χ1n) is 8.96. The third-order valence-corrected chi connectivity index (χ3v) is 5.04. The normalized spacial score (nSPS) is 11.7. The van der Waals surface area contributed by atoms with Crippen molar-refractivity contribution < 1.29 is 0 Å². The molecule has 0 saturated heterocycles. The third-order valence-electron chi connectivity index (χ3n) is 5.04. The zero-order valence-corrected chi connectivity index (χ0v) is 14.4. The van der Waals surface area contributed by atoms with Crippen LogP contribution in [0.5, 0.6) is 0 Å². The summed E-state index contributed by atoms with van der Waals surface area (Å²) in [5, 5.41) is 7.84. The molecule has 0 aliphatic rings. The molecule has 0 bridgehead atoms. The molecule has 0 spiro atoms. The lowest BCUT2D eigenvalue weighted by atomic mass is 9.93. The molecule has 0 amide bonds. The number of rotatable bonds is 2. The summed E-state index contributed by atoms with van der Waals surface area (Å²) in [6.07, 6.45) is 4.43. The smallest absolute Gasteiger partial charge is 0.00208 e. The lowest BCUT2D eigenvalue weighted by Gasteiger charge is -2.10. The van der Waals surface area contributed by atoms with Crippen molar-refractivity contribution in [2.24, 2.45) is 0 Å². The summed E-state index contributed by atoms with van der Waals surface area (Å²) < 4.78 is 0. The molecule has 0 heteroatoms. The number of hydrogen-bond acceptors (Lipinski definition) is 0. The Balaban J connectivity index is 1.85. The minimum absolute atomic E-state index is 1.22. The van der Waals surface area contributed by atoms with E-state index in [-0.39, 0.29) is 0 Å². The third kappa shape index (κ3) is 2.48. The highest BCUT2D eigenvalue weighted by Gasteiger charge is 2.07. The van der Waals surface area contributed by atoms with Gasteiger partial charge in [0.05, 0.1) is 0 Å². The lowest BCUT2D eigenvalue weighted by molar-refractivity contribution is 1.66. The monoisotopic (exact) mass is 330 g/mol. The van der Waals surface area contributed by atoms with Crippen molar-refractivity contribution in [2.45, 2.75) is 0 Å². The molecule has 0 heterocycles. The van der Waals surface area contributed by atoms with Crippen LogP contribution in [0.4, 0.5) is 0 Å². The average molecular weight is 330 g/mol. The van der Waals surface area contributed by atoms with Gasteiger partial charge in [0.15, 0.2) is 0 Å². The molecule has 0 N–H and O–H groups in total. The topological polar surface area (TPSA) is 0 Å². The van der Waals surface area contributed by atoms with E-state index < -0.39 is 0 Å². The SMILES string of the molecule is C(=C\c1cccc2ccc3ccc4ccccc4c3c12)/c1ccccc1. The van der Waals surface area contributed by atoms with E-state index in [0.717, 1.165) is 0 Å². The number of hydrogen-bond donors (Lipinski definition) is 0. The molecule has 0 unspecified atom stereocenters. The Bertz CT molecular complexity index is 1260. The van der Waals surface area contributed by atoms with Crippen LogP contribution in [0, 0.1) is 0 Å².